The van der Waals surface area contributed by atoms with Crippen molar-refractivity contribution < 1.29 is 31.9 Å². The third-order valence-corrected chi connectivity index (χ3v) is 5.16. The van der Waals surface area contributed by atoms with Crippen LogP contribution < -0.4 is 10.1 Å². The molecule has 0 saturated carbocycles. The van der Waals surface area contributed by atoms with Crippen molar-refractivity contribution in [3.05, 3.63) is 58.1 Å². The molecule has 0 spiro atoms. The van der Waals surface area contributed by atoms with Crippen molar-refractivity contribution in [2.24, 2.45) is 5.92 Å². The van der Waals surface area contributed by atoms with E-state index < -0.39 is 52.6 Å². The molecule has 1 N–H and O–H groups in total. The number of hydrogen-bond donors (Lipinski definition) is 1. The molecule has 2 aromatic rings. The maximum Gasteiger partial charge on any atom is 0.237 e. The third kappa shape index (κ3) is 3.62. The summed E-state index contributed by atoms with van der Waals surface area (Å²) >= 11 is 6.21. The number of nitrogens with zero attached hydrogens (tertiary/aromatic N) is 1. The van der Waals surface area contributed by atoms with Gasteiger partial charge in [-0.3, -0.25) is 9.59 Å². The van der Waals surface area contributed by atoms with Gasteiger partial charge < -0.3 is 15.0 Å². The van der Waals surface area contributed by atoms with Gasteiger partial charge in [-0.2, -0.15) is 0 Å². The van der Waals surface area contributed by atoms with Gasteiger partial charge in [0.1, 0.15) is 5.92 Å². The second kappa shape index (κ2) is 7.90. The van der Waals surface area contributed by atoms with Crippen molar-refractivity contribution >= 4 is 29.1 Å². The van der Waals surface area contributed by atoms with E-state index in [1.165, 1.54) is 25.1 Å². The molecular weight excluding hydrogens is 416 g/mol. The molecule has 2 aromatic carbocycles. The molecule has 2 amide bonds. The van der Waals surface area contributed by atoms with Gasteiger partial charge in [-0.05, 0) is 23.8 Å². The number of carbonyl (C=O) groups excluding carboxylic acids is 2. The van der Waals surface area contributed by atoms with Gasteiger partial charge >= 0.3 is 0 Å². The summed E-state index contributed by atoms with van der Waals surface area (Å²) in [5.74, 6) is -9.39. The quantitative estimate of drug-likeness (QED) is 0.457. The lowest BCUT2D eigenvalue weighted by molar-refractivity contribution is -0.135. The zero-order valence-corrected chi connectivity index (χ0v) is 16.0. The van der Waals surface area contributed by atoms with Crippen LogP contribution in [0.3, 0.4) is 0 Å². The highest BCUT2D eigenvalue weighted by molar-refractivity contribution is 6.33. The Hall–Kier alpha value is -2.81. The normalized spacial score (nSPS) is 18.9. The summed E-state index contributed by atoms with van der Waals surface area (Å²) in [6, 6.07) is 3.91. The Morgan fingerprint density at radius 1 is 1.14 bits per heavy atom. The smallest absolute Gasteiger partial charge is 0.237 e. The monoisotopic (exact) mass is 430 g/mol. The Bertz CT molecular complexity index is 1000. The second-order valence-corrected chi connectivity index (χ2v) is 6.88. The number of rotatable bonds is 4. The van der Waals surface area contributed by atoms with Crippen LogP contribution >= 0.6 is 11.6 Å². The minimum Gasteiger partial charge on any atom is -0.492 e. The lowest BCUT2D eigenvalue weighted by atomic mass is 9.87. The molecule has 0 radical (unpaired) electrons. The summed E-state index contributed by atoms with van der Waals surface area (Å²) in [7, 11) is 2.67. The van der Waals surface area contributed by atoms with E-state index in [0.29, 0.717) is 6.07 Å². The number of carbonyl (C=O) groups is 2. The number of likely N-dealkylation sites (tertiary alicyclic amines) is 1. The first-order chi connectivity index (χ1) is 13.7. The standard InChI is InChI=1S/C19H15ClF4N2O3/c1-26-7-9(8-3-4-11(22)17(29-2)14(8)20)13(19(26)28)18(27)25-12-6-5-10(21)15(23)16(12)24/h3-6,9,13H,7H2,1-2H3,(H,25,27)/t9-,13+/m1/s1. The molecular formula is C19H15ClF4N2O3. The van der Waals surface area contributed by atoms with E-state index in [-0.39, 0.29) is 22.9 Å². The Labute approximate surface area is 168 Å². The topological polar surface area (TPSA) is 58.6 Å². The van der Waals surface area contributed by atoms with Crippen molar-refractivity contribution in [3.63, 3.8) is 0 Å². The van der Waals surface area contributed by atoms with E-state index in [2.05, 4.69) is 5.32 Å². The summed E-state index contributed by atoms with van der Waals surface area (Å²) in [5.41, 5.74) is -0.327. The van der Waals surface area contributed by atoms with Gasteiger partial charge in [0.05, 0.1) is 17.8 Å². The average molecular weight is 431 g/mol. The van der Waals surface area contributed by atoms with E-state index >= 15 is 0 Å². The van der Waals surface area contributed by atoms with E-state index in [1.807, 2.05) is 0 Å². The minimum absolute atomic E-state index is 0.0751. The number of hydrogen-bond acceptors (Lipinski definition) is 3. The summed E-state index contributed by atoms with van der Waals surface area (Å²) in [6.45, 7) is 0.0751. The zero-order chi connectivity index (χ0) is 21.5. The van der Waals surface area contributed by atoms with Crippen molar-refractivity contribution in [3.8, 4) is 5.75 Å². The van der Waals surface area contributed by atoms with E-state index in [9.17, 15) is 27.2 Å². The largest absolute Gasteiger partial charge is 0.492 e. The molecule has 1 fully saturated rings. The average Bonchev–Trinajstić information content (AvgIpc) is 2.97. The highest BCUT2D eigenvalue weighted by Gasteiger charge is 2.45. The first kappa shape index (κ1) is 20.9. The fourth-order valence-electron chi connectivity index (χ4n) is 3.33. The van der Waals surface area contributed by atoms with E-state index in [0.717, 1.165) is 12.1 Å². The number of benzene rings is 2. The number of amides is 2. The minimum atomic E-state index is -1.75. The molecule has 29 heavy (non-hydrogen) atoms. The molecule has 0 aromatic heterocycles. The predicted molar refractivity (Wildman–Crippen MR) is 96.8 cm³/mol. The maximum absolute atomic E-state index is 13.9. The molecule has 0 bridgehead atoms. The van der Waals surface area contributed by atoms with Gasteiger partial charge in [-0.1, -0.05) is 17.7 Å². The molecule has 0 unspecified atom stereocenters. The van der Waals surface area contributed by atoms with E-state index in [4.69, 9.17) is 16.3 Å². The predicted octanol–water partition coefficient (Wildman–Crippen LogP) is 3.72. The highest BCUT2D eigenvalue weighted by Crippen LogP contribution is 2.41. The first-order valence-electron chi connectivity index (χ1n) is 8.38. The third-order valence-electron chi connectivity index (χ3n) is 4.77. The van der Waals surface area contributed by atoms with Gasteiger partial charge in [0, 0.05) is 19.5 Å². The molecule has 0 aliphatic carbocycles. The molecule has 10 heteroatoms. The number of methoxy groups -OCH3 is 1. The fourth-order valence-corrected chi connectivity index (χ4v) is 3.70. The van der Waals surface area contributed by atoms with Gasteiger partial charge in [0.15, 0.2) is 29.0 Å². The molecule has 154 valence electrons. The maximum atomic E-state index is 13.9. The van der Waals surface area contributed by atoms with Crippen LogP contribution in [0.15, 0.2) is 24.3 Å². The van der Waals surface area contributed by atoms with Crippen LogP contribution in [-0.4, -0.2) is 37.4 Å². The van der Waals surface area contributed by atoms with Crippen LogP contribution in [0.5, 0.6) is 5.75 Å². The van der Waals surface area contributed by atoms with Crippen molar-refractivity contribution in [2.75, 3.05) is 26.0 Å². The molecule has 1 heterocycles. The number of likely N-dealkylation sites (N-methyl/N-ethyl adjacent to an activating group) is 1. The summed E-state index contributed by atoms with van der Waals surface area (Å²) < 4.78 is 59.2. The van der Waals surface area contributed by atoms with Gasteiger partial charge in [-0.15, -0.1) is 0 Å². The lowest BCUT2D eigenvalue weighted by Crippen LogP contribution is -2.33. The number of nitrogens with one attached hydrogen (secondary N) is 1. The molecule has 1 aliphatic rings. The molecule has 1 aliphatic heterocycles. The highest BCUT2D eigenvalue weighted by atomic mass is 35.5. The fraction of sp³-hybridized carbons (Fsp3) is 0.263. The van der Waals surface area contributed by atoms with Crippen LogP contribution in [0.25, 0.3) is 0 Å². The molecule has 1 saturated heterocycles. The van der Waals surface area contributed by atoms with Gasteiger partial charge in [0.2, 0.25) is 11.8 Å². The number of halogens is 5. The Balaban J connectivity index is 1.97. The number of ether oxygens (including phenoxy) is 1. The Kier molecular flexibility index (Phi) is 5.70. The summed E-state index contributed by atoms with van der Waals surface area (Å²) in [4.78, 5) is 26.6. The number of anilines is 1. The Morgan fingerprint density at radius 2 is 1.79 bits per heavy atom. The van der Waals surface area contributed by atoms with Gasteiger partial charge in [0.25, 0.3) is 0 Å². The van der Waals surface area contributed by atoms with Crippen molar-refractivity contribution in [1.29, 1.82) is 0 Å². The molecule has 5 nitrogen and oxygen atoms in total. The molecule has 3 rings (SSSR count). The van der Waals surface area contributed by atoms with Crippen molar-refractivity contribution in [2.45, 2.75) is 5.92 Å². The van der Waals surface area contributed by atoms with E-state index in [1.54, 1.807) is 0 Å². The first-order valence-corrected chi connectivity index (χ1v) is 8.76. The summed E-state index contributed by atoms with van der Waals surface area (Å²) in [6.07, 6.45) is 0. The second-order valence-electron chi connectivity index (χ2n) is 6.50. The van der Waals surface area contributed by atoms with Crippen LogP contribution in [0, 0.1) is 29.2 Å². The van der Waals surface area contributed by atoms with Crippen LogP contribution in [0.4, 0.5) is 23.2 Å². The molecule has 2 atom stereocenters. The van der Waals surface area contributed by atoms with Crippen LogP contribution in [0.1, 0.15) is 11.5 Å². The Morgan fingerprint density at radius 3 is 2.45 bits per heavy atom. The SMILES string of the molecule is COc1c(F)ccc([C@H]2CN(C)C(=O)[C@@H]2C(=O)Nc2ccc(F)c(F)c2F)c1Cl. The lowest BCUT2D eigenvalue weighted by Gasteiger charge is -2.19. The van der Waals surface area contributed by atoms with Crippen LogP contribution in [-0.2, 0) is 9.59 Å². The van der Waals surface area contributed by atoms with Crippen molar-refractivity contribution in [1.82, 2.24) is 4.90 Å². The van der Waals surface area contributed by atoms with Crippen LogP contribution in [0.2, 0.25) is 5.02 Å². The van der Waals surface area contributed by atoms with Gasteiger partial charge in [-0.25, -0.2) is 17.6 Å². The zero-order valence-electron chi connectivity index (χ0n) is 15.2. The summed E-state index contributed by atoms with van der Waals surface area (Å²) in [5, 5.41) is 2.01.